The minimum atomic E-state index is -1.26. The first-order valence-corrected chi connectivity index (χ1v) is 11.6. The van der Waals surface area contributed by atoms with Crippen LogP contribution in [-0.4, -0.2) is 19.9 Å². The highest BCUT2D eigenvalue weighted by Crippen LogP contribution is 2.23. The van der Waals surface area contributed by atoms with Crippen LogP contribution in [0.5, 0.6) is 0 Å². The molecule has 0 nitrogen and oxygen atoms in total. The van der Waals surface area contributed by atoms with Crippen LogP contribution in [0.1, 0.15) is 27.2 Å². The zero-order valence-electron chi connectivity index (χ0n) is 9.46. The van der Waals surface area contributed by atoms with E-state index in [0.29, 0.717) is 5.41 Å². The highest BCUT2D eigenvalue weighted by molar-refractivity contribution is 7.43. The lowest BCUT2D eigenvalue weighted by Crippen LogP contribution is -2.39. The lowest BCUT2D eigenvalue weighted by Gasteiger charge is -2.28. The zero-order chi connectivity index (χ0) is 10.9. The van der Waals surface area contributed by atoms with Gasteiger partial charge in [-0.1, -0.05) is 45.2 Å². The molecule has 0 bridgehead atoms. The Balaban J connectivity index is 4.80. The van der Waals surface area contributed by atoms with E-state index < -0.39 is 15.1 Å². The summed E-state index contributed by atoms with van der Waals surface area (Å²) in [6.45, 7) is 13.7. The van der Waals surface area contributed by atoms with Gasteiger partial charge in [-0.3, -0.25) is 0 Å². The average Bonchev–Trinajstić information content (AvgIpc) is 1.77. The van der Waals surface area contributed by atoms with E-state index in [0.717, 1.165) is 6.42 Å². The molecule has 4 heteroatoms. The van der Waals surface area contributed by atoms with E-state index >= 15 is 0 Å². The van der Waals surface area contributed by atoms with Gasteiger partial charge in [0.05, 0.1) is 8.07 Å². The van der Waals surface area contributed by atoms with Crippen molar-refractivity contribution < 1.29 is 0 Å². The Bertz CT molecular complexity index is 205. The van der Waals surface area contributed by atoms with Crippen LogP contribution in [0.15, 0.2) is 0 Å². The van der Waals surface area contributed by atoms with Gasteiger partial charge in [0, 0.05) is 0 Å². The van der Waals surface area contributed by atoms with Crippen LogP contribution in [0.25, 0.3) is 0 Å². The van der Waals surface area contributed by atoms with E-state index in [1.54, 1.807) is 0 Å². The topological polar surface area (TPSA) is 0 Å². The van der Waals surface area contributed by atoms with Gasteiger partial charge in [-0.2, -0.15) is 0 Å². The first kappa shape index (κ1) is 13.9. The van der Waals surface area contributed by atoms with Crippen molar-refractivity contribution >= 4 is 42.1 Å². The molecular formula is C9H20Cl2Si2. The second kappa shape index (κ2) is 4.60. The fraction of sp³-hybridized carbons (Fsp3) is 0.889. The quantitative estimate of drug-likeness (QED) is 0.516. The maximum atomic E-state index is 6.10. The van der Waals surface area contributed by atoms with Crippen LogP contribution in [0.3, 0.4) is 0 Å². The second-order valence-corrected chi connectivity index (χ2v) is 15.3. The summed E-state index contributed by atoms with van der Waals surface area (Å²) in [5.41, 5.74) is 0.315. The molecule has 0 aliphatic rings. The monoisotopic (exact) mass is 254 g/mol. The van der Waals surface area contributed by atoms with Crippen LogP contribution < -0.4 is 0 Å². The van der Waals surface area contributed by atoms with Crippen molar-refractivity contribution in [1.82, 2.24) is 0 Å². The third kappa shape index (κ3) is 6.05. The van der Waals surface area contributed by atoms with Crippen molar-refractivity contribution in [3.8, 4) is 0 Å². The smallest absolute Gasteiger partial charge is 0.118 e. The number of rotatable bonds is 2. The predicted molar refractivity (Wildman–Crippen MR) is 69.9 cm³/mol. The van der Waals surface area contributed by atoms with E-state index in [1.807, 2.05) is 0 Å². The molecule has 0 aromatic carbocycles. The molecule has 78 valence electrons. The molecule has 0 fully saturated rings. The van der Waals surface area contributed by atoms with E-state index in [-0.39, 0.29) is 0 Å². The second-order valence-electron chi connectivity index (χ2n) is 5.73. The van der Waals surface area contributed by atoms with Gasteiger partial charge in [0.2, 0.25) is 7.03 Å². The van der Waals surface area contributed by atoms with Gasteiger partial charge in [0.25, 0.3) is 0 Å². The summed E-state index contributed by atoms with van der Waals surface area (Å²) in [6.07, 6.45) is 1.09. The standard InChI is InChI=1S/C9H20Cl2Si2/c1-9(2,3)7-8(12(10)11)13(4,5)6/h7H2,1-6H3. The van der Waals surface area contributed by atoms with Crippen molar-refractivity contribution in [2.75, 3.05) is 0 Å². The lowest BCUT2D eigenvalue weighted by molar-refractivity contribution is 0.437. The molecule has 0 atom stereocenters. The molecular weight excluding hydrogens is 235 g/mol. The maximum Gasteiger partial charge on any atom is 0.227 e. The van der Waals surface area contributed by atoms with Crippen LogP contribution in [0.4, 0.5) is 0 Å². The molecule has 0 saturated heterocycles. The van der Waals surface area contributed by atoms with Crippen molar-refractivity contribution in [2.45, 2.75) is 46.8 Å². The van der Waals surface area contributed by atoms with Gasteiger partial charge in [0.1, 0.15) is 0 Å². The normalized spacial score (nSPS) is 12.9. The molecule has 0 heterocycles. The highest BCUT2D eigenvalue weighted by atomic mass is 35.7. The fourth-order valence-electron chi connectivity index (χ4n) is 1.15. The summed E-state index contributed by atoms with van der Waals surface area (Å²) in [7, 11) is -2.50. The van der Waals surface area contributed by atoms with Crippen molar-refractivity contribution in [2.24, 2.45) is 5.41 Å². The molecule has 0 aliphatic carbocycles. The van der Waals surface area contributed by atoms with Crippen molar-refractivity contribution in [1.29, 1.82) is 0 Å². The molecule has 0 saturated carbocycles. The SMILES string of the molecule is CC(C)(C)CC(=[Si](Cl)Cl)[Si](C)(C)C. The molecule has 0 spiro atoms. The Labute approximate surface area is 94.3 Å². The van der Waals surface area contributed by atoms with Crippen LogP contribution >= 0.6 is 22.2 Å². The number of hydrogen-bond acceptors (Lipinski definition) is 0. The third-order valence-corrected chi connectivity index (χ3v) is 9.78. The average molecular weight is 255 g/mol. The van der Waals surface area contributed by atoms with Gasteiger partial charge in [0.15, 0.2) is 0 Å². The molecule has 0 N–H and O–H groups in total. The van der Waals surface area contributed by atoms with Gasteiger partial charge in [-0.05, 0) is 11.8 Å². The molecule has 0 aromatic heterocycles. The molecule has 13 heavy (non-hydrogen) atoms. The largest absolute Gasteiger partial charge is 0.227 e. The Kier molecular flexibility index (Phi) is 4.91. The predicted octanol–water partition coefficient (Wildman–Crippen LogP) is 4.02. The van der Waals surface area contributed by atoms with Crippen molar-refractivity contribution in [3.05, 3.63) is 0 Å². The van der Waals surface area contributed by atoms with Crippen molar-refractivity contribution in [3.63, 3.8) is 0 Å². The van der Waals surface area contributed by atoms with E-state index in [1.165, 1.54) is 4.79 Å². The summed E-state index contributed by atoms with van der Waals surface area (Å²) in [4.78, 5) is 1.47. The van der Waals surface area contributed by atoms with Gasteiger partial charge >= 0.3 is 0 Å². The van der Waals surface area contributed by atoms with Crippen LogP contribution in [0, 0.1) is 5.41 Å². The molecule has 0 aromatic rings. The molecule has 0 aliphatic heterocycles. The molecule has 0 radical (unpaired) electrons. The Hall–Kier alpha value is 0.884. The summed E-state index contributed by atoms with van der Waals surface area (Å²) in [5, 5.41) is 0. The summed E-state index contributed by atoms with van der Waals surface area (Å²) in [6, 6.07) is 0. The van der Waals surface area contributed by atoms with Crippen LogP contribution in [0.2, 0.25) is 19.6 Å². The summed E-state index contributed by atoms with van der Waals surface area (Å²) >= 11 is 12.2. The van der Waals surface area contributed by atoms with Crippen LogP contribution in [-0.2, 0) is 0 Å². The Morgan fingerprint density at radius 2 is 1.54 bits per heavy atom. The van der Waals surface area contributed by atoms with Gasteiger partial charge in [-0.15, -0.1) is 22.2 Å². The molecule has 0 unspecified atom stereocenters. The fourth-order valence-corrected chi connectivity index (χ4v) is 10.6. The zero-order valence-corrected chi connectivity index (χ0v) is 13.0. The minimum Gasteiger partial charge on any atom is -0.118 e. The first-order valence-electron chi connectivity index (χ1n) is 4.59. The maximum absolute atomic E-state index is 6.10. The lowest BCUT2D eigenvalue weighted by atomic mass is 9.93. The van der Waals surface area contributed by atoms with Gasteiger partial charge < -0.3 is 0 Å². The van der Waals surface area contributed by atoms with E-state index in [4.69, 9.17) is 22.2 Å². The third-order valence-electron chi connectivity index (χ3n) is 1.84. The minimum absolute atomic E-state index is 0.315. The van der Waals surface area contributed by atoms with E-state index in [9.17, 15) is 0 Å². The highest BCUT2D eigenvalue weighted by Gasteiger charge is 2.26. The number of halogens is 2. The van der Waals surface area contributed by atoms with Gasteiger partial charge in [-0.25, -0.2) is 0 Å². The first-order chi connectivity index (χ1) is 5.54. The Morgan fingerprint density at radius 3 is 1.62 bits per heavy atom. The van der Waals surface area contributed by atoms with E-state index in [2.05, 4.69) is 40.4 Å². The molecule has 0 amide bonds. The Morgan fingerprint density at radius 1 is 1.15 bits per heavy atom. The molecule has 0 rings (SSSR count). The number of hydrogen-bond donors (Lipinski definition) is 0. The summed E-state index contributed by atoms with van der Waals surface area (Å²) < 4.78 is 0. The summed E-state index contributed by atoms with van der Waals surface area (Å²) in [5.74, 6) is 0.